The van der Waals surface area contributed by atoms with Crippen molar-refractivity contribution in [3.8, 4) is 5.75 Å². The zero-order valence-electron chi connectivity index (χ0n) is 13.8. The summed E-state index contributed by atoms with van der Waals surface area (Å²) in [6, 6.07) is 6.69. The van der Waals surface area contributed by atoms with Gasteiger partial charge in [-0.05, 0) is 42.3 Å². The second-order valence-corrected chi connectivity index (χ2v) is 6.39. The minimum Gasteiger partial charge on any atom is -0.492 e. The van der Waals surface area contributed by atoms with E-state index in [0.717, 1.165) is 11.6 Å². The monoisotopic (exact) mass is 398 g/mol. The first-order chi connectivity index (χ1) is 12.8. The Labute approximate surface area is 157 Å². The molecule has 0 aliphatic carbocycles. The fourth-order valence-corrected chi connectivity index (χ4v) is 2.85. The maximum atomic E-state index is 13.5. The van der Waals surface area contributed by atoms with Gasteiger partial charge in [-0.15, -0.1) is 0 Å². The van der Waals surface area contributed by atoms with Gasteiger partial charge in [0.05, 0.1) is 18.2 Å². The van der Waals surface area contributed by atoms with Crippen molar-refractivity contribution in [3.05, 3.63) is 58.4 Å². The van der Waals surface area contributed by atoms with Crippen LogP contribution in [0.2, 0.25) is 5.02 Å². The Kier molecular flexibility index (Phi) is 5.55. The molecule has 0 spiro atoms. The van der Waals surface area contributed by atoms with Crippen molar-refractivity contribution in [2.45, 2.75) is 6.42 Å². The van der Waals surface area contributed by atoms with Crippen LogP contribution in [0.25, 0.3) is 0 Å². The lowest BCUT2D eigenvalue weighted by Crippen LogP contribution is -2.41. The van der Waals surface area contributed by atoms with Crippen LogP contribution in [0, 0.1) is 23.4 Å². The Balaban J connectivity index is 1.55. The van der Waals surface area contributed by atoms with Gasteiger partial charge in [-0.2, -0.15) is 0 Å². The maximum absolute atomic E-state index is 13.5. The van der Waals surface area contributed by atoms with Gasteiger partial charge in [-0.25, -0.2) is 13.2 Å². The molecule has 1 aliphatic rings. The van der Waals surface area contributed by atoms with Crippen LogP contribution < -0.4 is 15.4 Å². The number of carbonyl (C=O) groups is 2. The fraction of sp³-hybridized carbons (Fsp3) is 0.222. The Bertz CT molecular complexity index is 908. The summed E-state index contributed by atoms with van der Waals surface area (Å²) in [5, 5.41) is 5.00. The quantitative estimate of drug-likeness (QED) is 0.778. The van der Waals surface area contributed by atoms with Crippen LogP contribution in [0.3, 0.4) is 0 Å². The molecule has 2 amide bonds. The molecule has 0 saturated carbocycles. The van der Waals surface area contributed by atoms with E-state index in [1.54, 1.807) is 18.2 Å². The molecule has 0 fully saturated rings. The Morgan fingerprint density at radius 1 is 1.15 bits per heavy atom. The number of hydrogen-bond acceptors (Lipinski definition) is 3. The number of anilines is 1. The molecule has 2 aromatic carbocycles. The molecule has 2 N–H and O–H groups in total. The minimum atomic E-state index is -1.69. The lowest BCUT2D eigenvalue weighted by atomic mass is 9.96. The van der Waals surface area contributed by atoms with Crippen molar-refractivity contribution < 1.29 is 27.5 Å². The standard InChI is InChI=1S/C18H14ClF3N2O3/c19-11-1-4-14-9(6-11)5-10(8-27-14)18(26)23-7-15(25)24-13-3-2-12(20)16(21)17(13)22/h1-4,6,10H,5,7-8H2,(H,23,26)(H,24,25). The van der Waals surface area contributed by atoms with E-state index >= 15 is 0 Å². The van der Waals surface area contributed by atoms with Crippen LogP contribution in [-0.4, -0.2) is 25.0 Å². The van der Waals surface area contributed by atoms with Crippen molar-refractivity contribution in [1.82, 2.24) is 5.32 Å². The number of halogens is 4. The molecule has 142 valence electrons. The van der Waals surface area contributed by atoms with Crippen LogP contribution in [0.1, 0.15) is 5.56 Å². The second kappa shape index (κ2) is 7.87. The highest BCUT2D eigenvalue weighted by molar-refractivity contribution is 6.30. The van der Waals surface area contributed by atoms with Gasteiger partial charge in [-0.1, -0.05) is 11.6 Å². The molecule has 1 unspecified atom stereocenters. The number of rotatable bonds is 4. The molecule has 0 saturated heterocycles. The summed E-state index contributed by atoms with van der Waals surface area (Å²) in [5.41, 5.74) is 0.264. The van der Waals surface area contributed by atoms with E-state index in [4.69, 9.17) is 16.3 Å². The molecular formula is C18H14ClF3N2O3. The summed E-state index contributed by atoms with van der Waals surface area (Å²) in [6.07, 6.45) is 0.390. The Morgan fingerprint density at radius 2 is 1.93 bits per heavy atom. The maximum Gasteiger partial charge on any atom is 0.243 e. The largest absolute Gasteiger partial charge is 0.492 e. The molecule has 27 heavy (non-hydrogen) atoms. The third-order valence-corrected chi connectivity index (χ3v) is 4.27. The predicted molar refractivity (Wildman–Crippen MR) is 92.1 cm³/mol. The van der Waals surface area contributed by atoms with Crippen LogP contribution in [-0.2, 0) is 16.0 Å². The van der Waals surface area contributed by atoms with Gasteiger partial charge in [0.1, 0.15) is 12.4 Å². The molecular weight excluding hydrogens is 385 g/mol. The van der Waals surface area contributed by atoms with Gasteiger partial charge >= 0.3 is 0 Å². The lowest BCUT2D eigenvalue weighted by molar-refractivity contribution is -0.128. The van der Waals surface area contributed by atoms with Gasteiger partial charge in [-0.3, -0.25) is 9.59 Å². The number of carbonyl (C=O) groups excluding carboxylic acids is 2. The number of benzene rings is 2. The molecule has 0 radical (unpaired) electrons. The molecule has 9 heteroatoms. The van der Waals surface area contributed by atoms with E-state index in [-0.39, 0.29) is 6.61 Å². The summed E-state index contributed by atoms with van der Waals surface area (Å²) >= 11 is 5.93. The van der Waals surface area contributed by atoms with E-state index in [1.807, 2.05) is 0 Å². The Morgan fingerprint density at radius 3 is 2.70 bits per heavy atom. The highest BCUT2D eigenvalue weighted by Gasteiger charge is 2.26. The number of fused-ring (bicyclic) bond motifs is 1. The van der Waals surface area contributed by atoms with Gasteiger partial charge < -0.3 is 15.4 Å². The third kappa shape index (κ3) is 4.33. The molecule has 0 bridgehead atoms. The molecule has 5 nitrogen and oxygen atoms in total. The van der Waals surface area contributed by atoms with Crippen molar-refractivity contribution in [3.63, 3.8) is 0 Å². The predicted octanol–water partition coefficient (Wildman–Crippen LogP) is 3.06. The highest BCUT2D eigenvalue weighted by Crippen LogP contribution is 2.29. The van der Waals surface area contributed by atoms with Gasteiger partial charge in [0, 0.05) is 5.02 Å². The van der Waals surface area contributed by atoms with Crippen molar-refractivity contribution in [2.24, 2.45) is 5.92 Å². The number of ether oxygens (including phenoxy) is 1. The van der Waals surface area contributed by atoms with Crippen LogP contribution in [0.4, 0.5) is 18.9 Å². The van der Waals surface area contributed by atoms with Crippen molar-refractivity contribution >= 4 is 29.1 Å². The summed E-state index contributed by atoms with van der Waals surface area (Å²) in [7, 11) is 0. The van der Waals surface area contributed by atoms with E-state index in [1.165, 1.54) is 0 Å². The normalized spacial score (nSPS) is 15.5. The van der Waals surface area contributed by atoms with Crippen LogP contribution in [0.15, 0.2) is 30.3 Å². The molecule has 1 atom stereocenters. The van der Waals surface area contributed by atoms with Gasteiger partial charge in [0.2, 0.25) is 11.8 Å². The number of nitrogens with one attached hydrogen (secondary N) is 2. The van der Waals surface area contributed by atoms with E-state index in [9.17, 15) is 22.8 Å². The summed E-state index contributed by atoms with van der Waals surface area (Å²) in [6.45, 7) is -0.323. The summed E-state index contributed by atoms with van der Waals surface area (Å²) in [4.78, 5) is 24.1. The molecule has 3 rings (SSSR count). The Hall–Kier alpha value is -2.74. The first-order valence-electron chi connectivity index (χ1n) is 7.97. The zero-order chi connectivity index (χ0) is 19.6. The molecule has 2 aromatic rings. The summed E-state index contributed by atoms with van der Waals surface area (Å²) < 4.78 is 45.1. The molecule has 1 heterocycles. The highest BCUT2D eigenvalue weighted by atomic mass is 35.5. The van der Waals surface area contributed by atoms with Gasteiger partial charge in [0.15, 0.2) is 17.5 Å². The van der Waals surface area contributed by atoms with Gasteiger partial charge in [0.25, 0.3) is 0 Å². The second-order valence-electron chi connectivity index (χ2n) is 5.95. The number of hydrogen-bond donors (Lipinski definition) is 2. The topological polar surface area (TPSA) is 67.4 Å². The smallest absolute Gasteiger partial charge is 0.243 e. The number of amides is 2. The van der Waals surface area contributed by atoms with E-state index < -0.39 is 47.4 Å². The van der Waals surface area contributed by atoms with E-state index in [0.29, 0.717) is 23.3 Å². The van der Waals surface area contributed by atoms with Crippen LogP contribution >= 0.6 is 11.6 Å². The molecule has 1 aliphatic heterocycles. The van der Waals surface area contributed by atoms with Crippen molar-refractivity contribution in [1.29, 1.82) is 0 Å². The molecule has 0 aromatic heterocycles. The lowest BCUT2D eigenvalue weighted by Gasteiger charge is -2.24. The van der Waals surface area contributed by atoms with Crippen LogP contribution in [0.5, 0.6) is 5.75 Å². The first kappa shape index (κ1) is 19.0. The summed E-state index contributed by atoms with van der Waals surface area (Å²) in [5.74, 6) is -5.65. The van der Waals surface area contributed by atoms with Crippen molar-refractivity contribution in [2.75, 3.05) is 18.5 Å². The third-order valence-electron chi connectivity index (χ3n) is 4.03. The average Bonchev–Trinajstić information content (AvgIpc) is 2.66. The fourth-order valence-electron chi connectivity index (χ4n) is 2.66. The minimum absolute atomic E-state index is 0.139. The van der Waals surface area contributed by atoms with E-state index in [2.05, 4.69) is 10.6 Å². The first-order valence-corrected chi connectivity index (χ1v) is 8.35. The average molecular weight is 399 g/mol. The zero-order valence-corrected chi connectivity index (χ0v) is 14.6. The SMILES string of the molecule is O=C(CNC(=O)C1COc2ccc(Cl)cc2C1)Nc1ccc(F)c(F)c1F.